The van der Waals surface area contributed by atoms with E-state index in [9.17, 15) is 4.79 Å². The molecule has 5 heteroatoms. The third kappa shape index (κ3) is 3.99. The molecule has 1 aliphatic heterocycles. The quantitative estimate of drug-likeness (QED) is 0.831. The van der Waals surface area contributed by atoms with Crippen LogP contribution in [0.1, 0.15) is 30.1 Å². The predicted molar refractivity (Wildman–Crippen MR) is 91.8 cm³/mol. The largest absolute Gasteiger partial charge is 0.462 e. The van der Waals surface area contributed by atoms with E-state index in [0.717, 1.165) is 36.2 Å². The van der Waals surface area contributed by atoms with E-state index in [1.807, 2.05) is 24.3 Å². The highest BCUT2D eigenvalue weighted by Gasteiger charge is 2.13. The molecule has 1 atom stereocenters. The second kappa shape index (κ2) is 7.42. The molecule has 1 aromatic heterocycles. The van der Waals surface area contributed by atoms with Crippen LogP contribution in [0.5, 0.6) is 0 Å². The number of benzene rings is 1. The Labute approximate surface area is 136 Å². The number of piperidine rings is 1. The average molecular weight is 313 g/mol. The second-order valence-electron chi connectivity index (χ2n) is 5.95. The number of aromatic nitrogens is 1. The lowest BCUT2D eigenvalue weighted by atomic mass is 9.99. The van der Waals surface area contributed by atoms with E-state index in [4.69, 9.17) is 4.74 Å². The Balaban J connectivity index is 1.72. The van der Waals surface area contributed by atoms with Crippen LogP contribution in [0.25, 0.3) is 10.9 Å². The lowest BCUT2D eigenvalue weighted by Crippen LogP contribution is -2.33. The molecule has 2 heterocycles. The van der Waals surface area contributed by atoms with Crippen LogP contribution in [0, 0.1) is 5.92 Å². The van der Waals surface area contributed by atoms with Crippen molar-refractivity contribution in [2.24, 2.45) is 5.92 Å². The zero-order valence-electron chi connectivity index (χ0n) is 13.5. The van der Waals surface area contributed by atoms with Crippen LogP contribution < -0.4 is 10.6 Å². The summed E-state index contributed by atoms with van der Waals surface area (Å²) in [5.74, 6) is 0.344. The molecule has 0 saturated carbocycles. The number of nitrogens with zero attached hydrogens (tertiary/aromatic N) is 1. The highest BCUT2D eigenvalue weighted by atomic mass is 16.5. The lowest BCUT2D eigenvalue weighted by Gasteiger charge is -2.23. The van der Waals surface area contributed by atoms with Crippen LogP contribution in [-0.2, 0) is 4.74 Å². The summed E-state index contributed by atoms with van der Waals surface area (Å²) in [6.07, 6.45) is 4.08. The molecule has 0 aliphatic carbocycles. The smallest absolute Gasteiger partial charge is 0.339 e. The monoisotopic (exact) mass is 313 g/mol. The highest BCUT2D eigenvalue weighted by Crippen LogP contribution is 2.20. The number of carbonyl (C=O) groups excluding carboxylic acids is 1. The number of esters is 1. The third-order valence-electron chi connectivity index (χ3n) is 4.19. The molecule has 1 aliphatic rings. The molecule has 1 saturated heterocycles. The van der Waals surface area contributed by atoms with Crippen molar-refractivity contribution >= 4 is 22.6 Å². The lowest BCUT2D eigenvalue weighted by molar-refractivity contribution is 0.0526. The molecule has 0 amide bonds. The third-order valence-corrected chi connectivity index (χ3v) is 4.19. The predicted octanol–water partition coefficient (Wildman–Crippen LogP) is 2.82. The summed E-state index contributed by atoms with van der Waals surface area (Å²) < 4.78 is 5.03. The Morgan fingerprint density at radius 3 is 3.13 bits per heavy atom. The van der Waals surface area contributed by atoms with Gasteiger partial charge in [-0.2, -0.15) is 0 Å². The van der Waals surface area contributed by atoms with E-state index in [-0.39, 0.29) is 5.97 Å². The summed E-state index contributed by atoms with van der Waals surface area (Å²) in [5.41, 5.74) is 2.43. The van der Waals surface area contributed by atoms with Gasteiger partial charge in [-0.1, -0.05) is 0 Å². The molecule has 2 aromatic rings. The zero-order valence-corrected chi connectivity index (χ0v) is 13.5. The number of hydrogen-bond donors (Lipinski definition) is 2. The number of fused-ring (bicyclic) bond motifs is 1. The molecule has 5 nitrogen and oxygen atoms in total. The van der Waals surface area contributed by atoms with Gasteiger partial charge >= 0.3 is 5.97 Å². The van der Waals surface area contributed by atoms with E-state index >= 15 is 0 Å². The van der Waals surface area contributed by atoms with Crippen LogP contribution in [-0.4, -0.2) is 37.2 Å². The Morgan fingerprint density at radius 1 is 1.43 bits per heavy atom. The van der Waals surface area contributed by atoms with Gasteiger partial charge in [-0.25, -0.2) is 4.79 Å². The average Bonchev–Trinajstić information content (AvgIpc) is 2.60. The zero-order chi connectivity index (χ0) is 16.1. The van der Waals surface area contributed by atoms with Crippen LogP contribution >= 0.6 is 0 Å². The topological polar surface area (TPSA) is 63.2 Å². The molecule has 23 heavy (non-hydrogen) atoms. The second-order valence-corrected chi connectivity index (χ2v) is 5.95. The van der Waals surface area contributed by atoms with E-state index in [1.165, 1.54) is 12.8 Å². The highest BCUT2D eigenvalue weighted by molar-refractivity contribution is 5.94. The number of nitrogens with one attached hydrogen (secondary N) is 2. The fraction of sp³-hybridized carbons (Fsp3) is 0.444. The first kappa shape index (κ1) is 15.7. The van der Waals surface area contributed by atoms with Gasteiger partial charge in [0.15, 0.2) is 0 Å². The summed E-state index contributed by atoms with van der Waals surface area (Å²) in [5, 5.41) is 7.87. The van der Waals surface area contributed by atoms with Crippen molar-refractivity contribution in [3.63, 3.8) is 0 Å². The number of anilines is 1. The van der Waals surface area contributed by atoms with Gasteiger partial charge < -0.3 is 15.4 Å². The minimum Gasteiger partial charge on any atom is -0.462 e. The molecular weight excluding hydrogens is 290 g/mol. The molecule has 1 unspecified atom stereocenters. The number of carbonyl (C=O) groups is 1. The first-order valence-electron chi connectivity index (χ1n) is 8.28. The minimum atomic E-state index is -0.325. The van der Waals surface area contributed by atoms with Crippen molar-refractivity contribution in [3.05, 3.63) is 36.0 Å². The molecule has 1 aromatic carbocycles. The maximum absolute atomic E-state index is 11.8. The molecule has 0 radical (unpaired) electrons. The summed E-state index contributed by atoms with van der Waals surface area (Å²) in [6.45, 7) is 5.34. The Kier molecular flexibility index (Phi) is 5.08. The summed E-state index contributed by atoms with van der Waals surface area (Å²) in [4.78, 5) is 16.2. The van der Waals surface area contributed by atoms with E-state index < -0.39 is 0 Å². The Hall–Kier alpha value is -2.14. The van der Waals surface area contributed by atoms with Crippen molar-refractivity contribution in [1.29, 1.82) is 0 Å². The molecular formula is C18H23N3O2. The Morgan fingerprint density at radius 2 is 2.35 bits per heavy atom. The maximum Gasteiger partial charge on any atom is 0.339 e. The van der Waals surface area contributed by atoms with Crippen LogP contribution in [0.15, 0.2) is 30.5 Å². The van der Waals surface area contributed by atoms with E-state index in [2.05, 4.69) is 15.6 Å². The molecule has 122 valence electrons. The van der Waals surface area contributed by atoms with Crippen molar-refractivity contribution < 1.29 is 9.53 Å². The number of rotatable bonds is 5. The van der Waals surface area contributed by atoms with Crippen LogP contribution in [0.3, 0.4) is 0 Å². The van der Waals surface area contributed by atoms with Gasteiger partial charge in [0.1, 0.15) is 0 Å². The van der Waals surface area contributed by atoms with Gasteiger partial charge in [0.05, 0.1) is 17.7 Å². The minimum absolute atomic E-state index is 0.325. The van der Waals surface area contributed by atoms with Crippen molar-refractivity contribution in [2.75, 3.05) is 31.6 Å². The van der Waals surface area contributed by atoms with E-state index in [1.54, 1.807) is 13.1 Å². The molecule has 3 rings (SSSR count). The van der Waals surface area contributed by atoms with Crippen molar-refractivity contribution in [2.45, 2.75) is 19.8 Å². The first-order valence-corrected chi connectivity index (χ1v) is 8.28. The summed E-state index contributed by atoms with van der Waals surface area (Å²) in [7, 11) is 0. The number of pyridine rings is 1. The van der Waals surface area contributed by atoms with Gasteiger partial charge in [0.25, 0.3) is 0 Å². The van der Waals surface area contributed by atoms with Gasteiger partial charge in [-0.15, -0.1) is 0 Å². The van der Waals surface area contributed by atoms with E-state index in [0.29, 0.717) is 18.1 Å². The van der Waals surface area contributed by atoms with Crippen LogP contribution in [0.2, 0.25) is 0 Å². The number of hydrogen-bond acceptors (Lipinski definition) is 5. The maximum atomic E-state index is 11.8. The van der Waals surface area contributed by atoms with Gasteiger partial charge in [-0.3, -0.25) is 4.98 Å². The number of ether oxygens (including phenoxy) is 1. The summed E-state index contributed by atoms with van der Waals surface area (Å²) >= 11 is 0. The first-order chi connectivity index (χ1) is 11.3. The molecule has 1 fully saturated rings. The molecule has 2 N–H and O–H groups in total. The summed E-state index contributed by atoms with van der Waals surface area (Å²) in [6, 6.07) is 7.90. The normalized spacial score (nSPS) is 17.9. The fourth-order valence-electron chi connectivity index (χ4n) is 2.93. The SMILES string of the molecule is CCOC(=O)c1cnc2ccc(NCC3CCCNC3)cc2c1. The fourth-order valence-corrected chi connectivity index (χ4v) is 2.93. The van der Waals surface area contributed by atoms with Gasteiger partial charge in [-0.05, 0) is 63.0 Å². The Bertz CT molecular complexity index is 681. The molecule has 0 spiro atoms. The van der Waals surface area contributed by atoms with Gasteiger partial charge in [0.2, 0.25) is 0 Å². The van der Waals surface area contributed by atoms with Crippen molar-refractivity contribution in [3.8, 4) is 0 Å². The van der Waals surface area contributed by atoms with Gasteiger partial charge in [0, 0.05) is 23.8 Å². The standard InChI is InChI=1S/C18H23N3O2/c1-2-23-18(22)15-8-14-9-16(5-6-17(14)21-12-15)20-11-13-4-3-7-19-10-13/h5-6,8-9,12-13,19-20H,2-4,7,10-11H2,1H3. The van der Waals surface area contributed by atoms with Crippen LogP contribution in [0.4, 0.5) is 5.69 Å². The molecule has 0 bridgehead atoms. The van der Waals surface area contributed by atoms with Crippen molar-refractivity contribution in [1.82, 2.24) is 10.3 Å².